The van der Waals surface area contributed by atoms with Crippen LogP contribution < -0.4 is 5.32 Å². The quantitative estimate of drug-likeness (QED) is 0.680. The van der Waals surface area contributed by atoms with E-state index in [0.717, 1.165) is 19.3 Å². The minimum atomic E-state index is -0.449. The van der Waals surface area contributed by atoms with Crippen LogP contribution in [0.25, 0.3) is 0 Å². The Kier molecular flexibility index (Phi) is 4.59. The van der Waals surface area contributed by atoms with Crippen LogP contribution in [0, 0.1) is 29.9 Å². The number of aryl methyl sites for hydroxylation is 1. The number of aromatic nitrogens is 2. The van der Waals surface area contributed by atoms with Gasteiger partial charge in [0, 0.05) is 6.04 Å². The predicted molar refractivity (Wildman–Crippen MR) is 77.9 cm³/mol. The molecule has 0 bridgehead atoms. The molecule has 116 valence electrons. The van der Waals surface area contributed by atoms with E-state index in [0.29, 0.717) is 17.3 Å². The molecule has 1 amide bonds. The fourth-order valence-corrected chi connectivity index (χ4v) is 3.02. The van der Waals surface area contributed by atoms with Gasteiger partial charge in [-0.1, -0.05) is 19.8 Å². The van der Waals surface area contributed by atoms with Crippen molar-refractivity contribution < 1.29 is 9.72 Å². The molecule has 7 nitrogen and oxygen atoms in total. The van der Waals surface area contributed by atoms with E-state index in [1.807, 2.05) is 0 Å². The lowest BCUT2D eigenvalue weighted by molar-refractivity contribution is -0.386. The molecule has 1 aromatic rings. The highest BCUT2D eigenvalue weighted by atomic mass is 16.6. The Morgan fingerprint density at radius 2 is 2.10 bits per heavy atom. The maximum absolute atomic E-state index is 12.1. The van der Waals surface area contributed by atoms with Crippen LogP contribution in [0.3, 0.4) is 0 Å². The van der Waals surface area contributed by atoms with Crippen LogP contribution in [-0.2, 0) is 11.3 Å². The number of hydrogen-bond donors (Lipinski definition) is 1. The molecule has 1 aliphatic rings. The number of hydrogen-bond acceptors (Lipinski definition) is 4. The Morgan fingerprint density at radius 1 is 1.43 bits per heavy atom. The van der Waals surface area contributed by atoms with Gasteiger partial charge in [0.1, 0.15) is 17.9 Å². The number of nitro groups is 1. The van der Waals surface area contributed by atoms with Gasteiger partial charge < -0.3 is 5.32 Å². The van der Waals surface area contributed by atoms with Crippen molar-refractivity contribution in [2.45, 2.75) is 59.0 Å². The summed E-state index contributed by atoms with van der Waals surface area (Å²) in [5, 5.41) is 18.1. The second-order valence-electron chi connectivity index (χ2n) is 5.87. The molecule has 1 N–H and O–H groups in total. The van der Waals surface area contributed by atoms with Crippen molar-refractivity contribution in [2.24, 2.45) is 5.92 Å². The van der Waals surface area contributed by atoms with Crippen LogP contribution in [0.5, 0.6) is 0 Å². The average molecular weight is 294 g/mol. The Morgan fingerprint density at radius 3 is 2.67 bits per heavy atom. The van der Waals surface area contributed by atoms with Crippen LogP contribution in [-0.4, -0.2) is 26.7 Å². The Balaban J connectivity index is 2.03. The molecule has 0 aliphatic heterocycles. The first kappa shape index (κ1) is 15.5. The molecule has 21 heavy (non-hydrogen) atoms. The van der Waals surface area contributed by atoms with Gasteiger partial charge in [0.15, 0.2) is 0 Å². The molecule has 0 aromatic carbocycles. The summed E-state index contributed by atoms with van der Waals surface area (Å²) in [7, 11) is 0. The predicted octanol–water partition coefficient (Wildman–Crippen LogP) is 2.10. The lowest BCUT2D eigenvalue weighted by Crippen LogP contribution is -2.42. The maximum atomic E-state index is 12.1. The monoisotopic (exact) mass is 294 g/mol. The van der Waals surface area contributed by atoms with Crippen LogP contribution in [0.15, 0.2) is 0 Å². The smallest absolute Gasteiger partial charge is 0.312 e. The number of carbonyl (C=O) groups excluding carboxylic acids is 1. The number of rotatable bonds is 4. The lowest BCUT2D eigenvalue weighted by atomic mass is 9.86. The van der Waals surface area contributed by atoms with E-state index in [-0.39, 0.29) is 24.2 Å². The van der Waals surface area contributed by atoms with Crippen LogP contribution >= 0.6 is 0 Å². The standard InChI is InChI=1S/C14H22N4O3/c1-9-6-4-5-7-12(9)15-13(19)8-17-11(3)14(18(20)21)10(2)16-17/h9,12H,4-8H2,1-3H3,(H,15,19)/t9-,12-/m0/s1. The van der Waals surface area contributed by atoms with Gasteiger partial charge in [-0.25, -0.2) is 0 Å². The molecule has 2 rings (SSSR count). The van der Waals surface area contributed by atoms with Crippen molar-refractivity contribution in [3.63, 3.8) is 0 Å². The van der Waals surface area contributed by atoms with Crippen LogP contribution in [0.1, 0.15) is 44.0 Å². The van der Waals surface area contributed by atoms with E-state index in [1.54, 1.807) is 13.8 Å². The zero-order valence-electron chi connectivity index (χ0n) is 12.8. The number of nitrogens with zero attached hydrogens (tertiary/aromatic N) is 3. The molecular weight excluding hydrogens is 272 g/mol. The van der Waals surface area contributed by atoms with Crippen molar-refractivity contribution >= 4 is 11.6 Å². The number of carbonyl (C=O) groups is 1. The highest BCUT2D eigenvalue weighted by molar-refractivity contribution is 5.76. The molecule has 1 heterocycles. The Labute approximate surface area is 123 Å². The number of amides is 1. The molecule has 1 fully saturated rings. The molecular formula is C14H22N4O3. The summed E-state index contributed by atoms with van der Waals surface area (Å²) in [4.78, 5) is 22.6. The third-order valence-electron chi connectivity index (χ3n) is 4.28. The fourth-order valence-electron chi connectivity index (χ4n) is 3.02. The normalized spacial score (nSPS) is 22.0. The van der Waals surface area contributed by atoms with Crippen LogP contribution in [0.2, 0.25) is 0 Å². The summed E-state index contributed by atoms with van der Waals surface area (Å²) in [6, 6.07) is 0.207. The summed E-state index contributed by atoms with van der Waals surface area (Å²) in [5.41, 5.74) is 0.759. The minimum absolute atomic E-state index is 0.00571. The highest BCUT2D eigenvalue weighted by Crippen LogP contribution is 2.24. The summed E-state index contributed by atoms with van der Waals surface area (Å²) >= 11 is 0. The molecule has 0 saturated heterocycles. The summed E-state index contributed by atoms with van der Waals surface area (Å²) in [6.45, 7) is 5.39. The van der Waals surface area contributed by atoms with Gasteiger partial charge in [-0.3, -0.25) is 19.6 Å². The zero-order valence-corrected chi connectivity index (χ0v) is 12.8. The van der Waals surface area contributed by atoms with Gasteiger partial charge >= 0.3 is 5.69 Å². The molecule has 1 aromatic heterocycles. The third-order valence-corrected chi connectivity index (χ3v) is 4.28. The molecule has 1 aliphatic carbocycles. The van der Waals surface area contributed by atoms with Crippen molar-refractivity contribution in [2.75, 3.05) is 0 Å². The van der Waals surface area contributed by atoms with Gasteiger partial charge in [-0.2, -0.15) is 5.10 Å². The van der Waals surface area contributed by atoms with Crippen molar-refractivity contribution in [1.29, 1.82) is 0 Å². The third kappa shape index (κ3) is 3.40. The molecule has 0 spiro atoms. The van der Waals surface area contributed by atoms with Gasteiger partial charge in [-0.15, -0.1) is 0 Å². The van der Waals surface area contributed by atoms with Gasteiger partial charge in [0.25, 0.3) is 0 Å². The summed E-state index contributed by atoms with van der Waals surface area (Å²) < 4.78 is 1.41. The van der Waals surface area contributed by atoms with Crippen LogP contribution in [0.4, 0.5) is 5.69 Å². The Hall–Kier alpha value is -1.92. The van der Waals surface area contributed by atoms with E-state index in [4.69, 9.17) is 0 Å². The van der Waals surface area contributed by atoms with E-state index in [9.17, 15) is 14.9 Å². The first-order valence-electron chi connectivity index (χ1n) is 7.38. The maximum Gasteiger partial charge on any atom is 0.312 e. The molecule has 2 atom stereocenters. The minimum Gasteiger partial charge on any atom is -0.351 e. The van der Waals surface area contributed by atoms with E-state index < -0.39 is 4.92 Å². The van der Waals surface area contributed by atoms with Gasteiger partial charge in [0.2, 0.25) is 5.91 Å². The molecule has 0 unspecified atom stereocenters. The van der Waals surface area contributed by atoms with E-state index in [2.05, 4.69) is 17.3 Å². The van der Waals surface area contributed by atoms with E-state index >= 15 is 0 Å². The van der Waals surface area contributed by atoms with Gasteiger partial charge in [0.05, 0.1) is 4.92 Å². The topological polar surface area (TPSA) is 90.1 Å². The summed E-state index contributed by atoms with van der Waals surface area (Å²) in [5.74, 6) is 0.353. The summed E-state index contributed by atoms with van der Waals surface area (Å²) in [6.07, 6.45) is 4.50. The second kappa shape index (κ2) is 6.24. The number of nitrogens with one attached hydrogen (secondary N) is 1. The van der Waals surface area contributed by atoms with Crippen molar-refractivity contribution in [1.82, 2.24) is 15.1 Å². The molecule has 7 heteroatoms. The largest absolute Gasteiger partial charge is 0.351 e. The average Bonchev–Trinajstić information content (AvgIpc) is 2.67. The molecule has 1 saturated carbocycles. The van der Waals surface area contributed by atoms with Gasteiger partial charge in [-0.05, 0) is 32.6 Å². The first-order valence-corrected chi connectivity index (χ1v) is 7.38. The SMILES string of the molecule is Cc1nn(CC(=O)N[C@H]2CCCC[C@@H]2C)c(C)c1[N+](=O)[O-]. The van der Waals surface area contributed by atoms with E-state index in [1.165, 1.54) is 11.1 Å². The zero-order chi connectivity index (χ0) is 15.6. The first-order chi connectivity index (χ1) is 9.90. The highest BCUT2D eigenvalue weighted by Gasteiger charge is 2.25. The van der Waals surface area contributed by atoms with Crippen molar-refractivity contribution in [3.8, 4) is 0 Å². The van der Waals surface area contributed by atoms with Crippen molar-refractivity contribution in [3.05, 3.63) is 21.5 Å². The Bertz CT molecular complexity index is 553. The molecule has 0 radical (unpaired) electrons. The fraction of sp³-hybridized carbons (Fsp3) is 0.714. The lowest BCUT2D eigenvalue weighted by Gasteiger charge is -2.29. The second-order valence-corrected chi connectivity index (χ2v) is 5.87.